The van der Waals surface area contributed by atoms with E-state index >= 15 is 0 Å². The molecule has 3 rings (SSSR count). The van der Waals surface area contributed by atoms with Gasteiger partial charge < -0.3 is 5.32 Å². The molecule has 0 spiro atoms. The number of rotatable bonds is 6. The van der Waals surface area contributed by atoms with Crippen molar-refractivity contribution >= 4 is 23.3 Å². The van der Waals surface area contributed by atoms with Gasteiger partial charge in [0.25, 0.3) is 5.69 Å². The summed E-state index contributed by atoms with van der Waals surface area (Å²) in [6.45, 7) is 2.55. The lowest BCUT2D eigenvalue weighted by atomic mass is 10.2. The summed E-state index contributed by atoms with van der Waals surface area (Å²) in [6.07, 6.45) is 3.67. The molecule has 0 aliphatic heterocycles. The maximum absolute atomic E-state index is 10.8. The molecular formula is C16H17N3O2S. The molecule has 22 heavy (non-hydrogen) atoms. The van der Waals surface area contributed by atoms with E-state index in [1.807, 2.05) is 30.0 Å². The first-order valence-electron chi connectivity index (χ1n) is 7.17. The van der Waals surface area contributed by atoms with E-state index in [1.54, 1.807) is 13.0 Å². The number of anilines is 1. The molecule has 5 nitrogen and oxygen atoms in total. The molecule has 0 radical (unpaired) electrons. The predicted octanol–water partition coefficient (Wildman–Crippen LogP) is 4.04. The summed E-state index contributed by atoms with van der Waals surface area (Å²) >= 11 is 1.89. The van der Waals surface area contributed by atoms with Crippen molar-refractivity contribution in [3.63, 3.8) is 0 Å². The Morgan fingerprint density at radius 3 is 2.68 bits per heavy atom. The average molecular weight is 315 g/mol. The van der Waals surface area contributed by atoms with Crippen molar-refractivity contribution in [2.75, 3.05) is 11.9 Å². The van der Waals surface area contributed by atoms with E-state index in [2.05, 4.69) is 22.4 Å². The summed E-state index contributed by atoms with van der Waals surface area (Å²) in [5, 5.41) is 14.1. The van der Waals surface area contributed by atoms with Crippen LogP contribution in [0.1, 0.15) is 18.4 Å². The number of nitrogens with one attached hydrogen (secondary N) is 1. The molecule has 0 amide bonds. The lowest BCUT2D eigenvalue weighted by Gasteiger charge is -2.16. The zero-order valence-electron chi connectivity index (χ0n) is 12.3. The highest BCUT2D eigenvalue weighted by atomic mass is 32.2. The molecule has 1 saturated carbocycles. The fourth-order valence-electron chi connectivity index (χ4n) is 2.28. The van der Waals surface area contributed by atoms with Gasteiger partial charge in [0.2, 0.25) is 0 Å². The first kappa shape index (κ1) is 14.8. The van der Waals surface area contributed by atoms with Crippen molar-refractivity contribution in [3.05, 3.63) is 58.3 Å². The van der Waals surface area contributed by atoms with Crippen LogP contribution >= 0.6 is 11.8 Å². The Morgan fingerprint density at radius 2 is 2.09 bits per heavy atom. The molecule has 0 bridgehead atoms. The summed E-state index contributed by atoms with van der Waals surface area (Å²) < 4.78 is 0.221. The molecule has 114 valence electrons. The minimum Gasteiger partial charge on any atom is -0.369 e. The number of benzene rings is 1. The normalized spacial score (nSPS) is 15.3. The monoisotopic (exact) mass is 315 g/mol. The molecular weight excluding hydrogens is 298 g/mol. The number of aryl methyl sites for hydroxylation is 1. The standard InChI is InChI=1S/C16H17N3O2S/c1-12-9-15(17-10-14(12)19(20)21)18-11-16(7-8-16)22-13-5-3-2-4-6-13/h2-6,9-10H,7-8,11H2,1H3,(H,17,18). The van der Waals surface area contributed by atoms with Crippen molar-refractivity contribution in [1.29, 1.82) is 0 Å². The molecule has 1 aromatic carbocycles. The second kappa shape index (κ2) is 5.96. The van der Waals surface area contributed by atoms with Crippen LogP contribution in [-0.2, 0) is 0 Å². The van der Waals surface area contributed by atoms with Crippen LogP contribution in [-0.4, -0.2) is 21.2 Å². The van der Waals surface area contributed by atoms with Crippen molar-refractivity contribution in [2.45, 2.75) is 29.4 Å². The SMILES string of the molecule is Cc1cc(NCC2(Sc3ccccc3)CC2)ncc1[N+](=O)[O-]. The number of pyridine rings is 1. The van der Waals surface area contributed by atoms with Gasteiger partial charge in [0.05, 0.1) is 4.92 Å². The van der Waals surface area contributed by atoms with Gasteiger partial charge in [-0.2, -0.15) is 0 Å². The molecule has 2 aromatic rings. The Hall–Kier alpha value is -2.08. The number of thioether (sulfide) groups is 1. The fraction of sp³-hybridized carbons (Fsp3) is 0.312. The Morgan fingerprint density at radius 1 is 1.36 bits per heavy atom. The van der Waals surface area contributed by atoms with E-state index in [4.69, 9.17) is 0 Å². The van der Waals surface area contributed by atoms with Crippen LogP contribution in [0.3, 0.4) is 0 Å². The quantitative estimate of drug-likeness (QED) is 0.644. The molecule has 0 saturated heterocycles. The molecule has 1 heterocycles. The summed E-state index contributed by atoms with van der Waals surface area (Å²) in [4.78, 5) is 15.8. The second-order valence-electron chi connectivity index (χ2n) is 5.56. The van der Waals surface area contributed by atoms with Crippen LogP contribution in [0.25, 0.3) is 0 Å². The Kier molecular flexibility index (Phi) is 4.02. The average Bonchev–Trinajstić information content (AvgIpc) is 3.26. The molecule has 1 aromatic heterocycles. The van der Waals surface area contributed by atoms with E-state index in [1.165, 1.54) is 23.9 Å². The highest BCUT2D eigenvalue weighted by molar-refractivity contribution is 8.01. The van der Waals surface area contributed by atoms with Crippen molar-refractivity contribution < 1.29 is 4.92 Å². The fourth-order valence-corrected chi connectivity index (χ4v) is 3.52. The first-order chi connectivity index (χ1) is 10.6. The van der Waals surface area contributed by atoms with Gasteiger partial charge in [-0.15, -0.1) is 11.8 Å². The highest BCUT2D eigenvalue weighted by Gasteiger charge is 2.43. The minimum atomic E-state index is -0.403. The third-order valence-electron chi connectivity index (χ3n) is 3.76. The van der Waals surface area contributed by atoms with Crippen LogP contribution in [0, 0.1) is 17.0 Å². The zero-order chi connectivity index (χ0) is 15.6. The number of nitro groups is 1. The topological polar surface area (TPSA) is 68.1 Å². The van der Waals surface area contributed by atoms with Crippen LogP contribution in [0.4, 0.5) is 11.5 Å². The van der Waals surface area contributed by atoms with Gasteiger partial charge in [0.15, 0.2) is 0 Å². The Bertz CT molecular complexity index is 687. The molecule has 1 aliphatic carbocycles. The minimum absolute atomic E-state index is 0.0605. The molecule has 1 N–H and O–H groups in total. The summed E-state index contributed by atoms with van der Waals surface area (Å²) in [6, 6.07) is 12.1. The lowest BCUT2D eigenvalue weighted by Crippen LogP contribution is -2.18. The summed E-state index contributed by atoms with van der Waals surface area (Å²) in [7, 11) is 0. The van der Waals surface area contributed by atoms with E-state index in [-0.39, 0.29) is 10.4 Å². The highest BCUT2D eigenvalue weighted by Crippen LogP contribution is 2.51. The van der Waals surface area contributed by atoms with Gasteiger partial charge in [-0.3, -0.25) is 10.1 Å². The van der Waals surface area contributed by atoms with Crippen molar-refractivity contribution in [1.82, 2.24) is 4.98 Å². The van der Waals surface area contributed by atoms with E-state index in [9.17, 15) is 10.1 Å². The summed E-state index contributed by atoms with van der Waals surface area (Å²) in [5.41, 5.74) is 0.688. The smallest absolute Gasteiger partial charge is 0.290 e. The lowest BCUT2D eigenvalue weighted by molar-refractivity contribution is -0.385. The van der Waals surface area contributed by atoms with E-state index in [0.29, 0.717) is 11.4 Å². The van der Waals surface area contributed by atoms with Gasteiger partial charge in [-0.1, -0.05) is 18.2 Å². The van der Waals surface area contributed by atoms with Gasteiger partial charge in [-0.05, 0) is 38.0 Å². The van der Waals surface area contributed by atoms with Crippen molar-refractivity contribution in [3.8, 4) is 0 Å². The molecule has 6 heteroatoms. The van der Waals surface area contributed by atoms with Gasteiger partial charge in [0, 0.05) is 21.8 Å². The van der Waals surface area contributed by atoms with Crippen molar-refractivity contribution in [2.24, 2.45) is 0 Å². The van der Waals surface area contributed by atoms with Gasteiger partial charge in [0.1, 0.15) is 12.0 Å². The van der Waals surface area contributed by atoms with Crippen LogP contribution in [0.2, 0.25) is 0 Å². The maximum atomic E-state index is 10.8. The second-order valence-corrected chi connectivity index (χ2v) is 7.11. The number of aromatic nitrogens is 1. The Balaban J connectivity index is 1.63. The molecule has 1 fully saturated rings. The van der Waals surface area contributed by atoms with E-state index in [0.717, 1.165) is 6.54 Å². The number of hydrogen-bond acceptors (Lipinski definition) is 5. The molecule has 0 atom stereocenters. The maximum Gasteiger partial charge on any atom is 0.290 e. The zero-order valence-corrected chi connectivity index (χ0v) is 13.1. The molecule has 1 aliphatic rings. The third-order valence-corrected chi connectivity index (χ3v) is 5.25. The van der Waals surface area contributed by atoms with E-state index < -0.39 is 4.92 Å². The number of hydrogen-bond donors (Lipinski definition) is 1. The Labute approximate surface area is 133 Å². The third kappa shape index (κ3) is 3.39. The summed E-state index contributed by atoms with van der Waals surface area (Å²) in [5.74, 6) is 0.697. The van der Waals surface area contributed by atoms with Gasteiger partial charge >= 0.3 is 0 Å². The largest absolute Gasteiger partial charge is 0.369 e. The number of nitrogens with zero attached hydrogens (tertiary/aromatic N) is 2. The van der Waals surface area contributed by atoms with Crippen LogP contribution < -0.4 is 5.32 Å². The molecule has 0 unspecified atom stereocenters. The predicted molar refractivity (Wildman–Crippen MR) is 88.4 cm³/mol. The van der Waals surface area contributed by atoms with Gasteiger partial charge in [-0.25, -0.2) is 4.98 Å². The van der Waals surface area contributed by atoms with Crippen LogP contribution in [0.15, 0.2) is 47.5 Å². The first-order valence-corrected chi connectivity index (χ1v) is 7.99. The van der Waals surface area contributed by atoms with Crippen LogP contribution in [0.5, 0.6) is 0 Å².